The minimum Gasteiger partial charge on any atom is -0.490 e. The smallest absolute Gasteiger partial charge is 0.243 e. The maximum absolute atomic E-state index is 12.0. The van der Waals surface area contributed by atoms with Crippen molar-refractivity contribution >= 4 is 35.8 Å². The van der Waals surface area contributed by atoms with Gasteiger partial charge in [-0.1, -0.05) is 18.2 Å². The van der Waals surface area contributed by atoms with E-state index in [9.17, 15) is 4.79 Å². The number of hydrogen-bond donors (Lipinski definition) is 1. The number of halogens is 1. The molecule has 1 fully saturated rings. The molecule has 164 valence electrons. The molecule has 1 amide bonds. The van der Waals surface area contributed by atoms with Crippen LogP contribution in [0.3, 0.4) is 0 Å². The quantitative estimate of drug-likeness (QED) is 0.342. The first kappa shape index (κ1) is 24.0. The monoisotopic (exact) mass is 526 g/mol. The molecule has 3 rings (SSSR count). The minimum absolute atomic E-state index is 0. The molecule has 0 atom stereocenters. The van der Waals surface area contributed by atoms with Crippen molar-refractivity contribution in [1.29, 1.82) is 0 Å². The Kier molecular flexibility index (Phi) is 9.99. The fraction of sp³-hybridized carbons (Fsp3) is 0.455. The van der Waals surface area contributed by atoms with Crippen molar-refractivity contribution in [2.24, 2.45) is 4.99 Å². The van der Waals surface area contributed by atoms with Gasteiger partial charge in [-0.05, 0) is 24.3 Å². The van der Waals surface area contributed by atoms with Crippen LogP contribution in [0.1, 0.15) is 18.6 Å². The number of carbonyl (C=O) groups excluding carboxylic acids is 1. The summed E-state index contributed by atoms with van der Waals surface area (Å²) >= 11 is 0. The fourth-order valence-corrected chi connectivity index (χ4v) is 3.18. The van der Waals surface area contributed by atoms with E-state index in [2.05, 4.69) is 15.2 Å². The van der Waals surface area contributed by atoms with E-state index in [1.165, 1.54) is 0 Å². The Bertz CT molecular complexity index is 773. The predicted octanol–water partition coefficient (Wildman–Crippen LogP) is 3.02. The van der Waals surface area contributed by atoms with E-state index in [4.69, 9.17) is 9.15 Å². The van der Waals surface area contributed by atoms with Crippen LogP contribution in [0.5, 0.6) is 5.75 Å². The van der Waals surface area contributed by atoms with Crippen molar-refractivity contribution in [2.75, 3.05) is 40.3 Å². The van der Waals surface area contributed by atoms with Crippen LogP contribution in [0.2, 0.25) is 0 Å². The van der Waals surface area contributed by atoms with Gasteiger partial charge in [0.15, 0.2) is 5.96 Å². The van der Waals surface area contributed by atoms with Crippen molar-refractivity contribution in [3.05, 3.63) is 54.5 Å². The molecule has 8 heteroatoms. The number of aliphatic imine (C=N–C) groups is 1. The molecular weight excluding hydrogens is 495 g/mol. The van der Waals surface area contributed by atoms with Gasteiger partial charge in [0.25, 0.3) is 0 Å². The summed E-state index contributed by atoms with van der Waals surface area (Å²) in [6, 6.07) is 13.8. The van der Waals surface area contributed by atoms with Gasteiger partial charge < -0.3 is 24.3 Å². The van der Waals surface area contributed by atoms with Gasteiger partial charge >= 0.3 is 0 Å². The van der Waals surface area contributed by atoms with E-state index in [-0.39, 0.29) is 42.5 Å². The minimum atomic E-state index is -0.0161. The summed E-state index contributed by atoms with van der Waals surface area (Å²) in [5.41, 5.74) is 0. The summed E-state index contributed by atoms with van der Waals surface area (Å²) in [7, 11) is 3.49. The average Bonchev–Trinajstić information content (AvgIpc) is 3.25. The Hall–Kier alpha value is -2.23. The number of piperidine rings is 1. The molecule has 0 saturated carbocycles. The second-order valence-corrected chi connectivity index (χ2v) is 7.30. The topological polar surface area (TPSA) is 70.3 Å². The van der Waals surface area contributed by atoms with E-state index in [1.54, 1.807) is 25.3 Å². The molecule has 1 aromatic carbocycles. The number of benzene rings is 1. The zero-order chi connectivity index (χ0) is 20.5. The number of guanidine groups is 1. The number of nitrogens with zero attached hydrogens (tertiary/aromatic N) is 3. The summed E-state index contributed by atoms with van der Waals surface area (Å²) in [6.45, 7) is 2.50. The van der Waals surface area contributed by atoms with E-state index < -0.39 is 0 Å². The third-order valence-corrected chi connectivity index (χ3v) is 4.88. The molecule has 1 N–H and O–H groups in total. The third-order valence-electron chi connectivity index (χ3n) is 4.88. The highest BCUT2D eigenvalue weighted by molar-refractivity contribution is 14.0. The van der Waals surface area contributed by atoms with Crippen molar-refractivity contribution in [1.82, 2.24) is 15.1 Å². The standard InChI is InChI=1S/C22H30N4O3.HI/c1-25(2)21(27)17-24-22(23-13-10-18-9-6-16-28-18)26-14-11-20(12-15-26)29-19-7-4-3-5-8-19;/h3-9,16,20H,10-15,17H2,1-2H3,(H,23,24);1H. The summed E-state index contributed by atoms with van der Waals surface area (Å²) in [5, 5.41) is 3.39. The average molecular weight is 526 g/mol. The van der Waals surface area contributed by atoms with Gasteiger partial charge in [0, 0.05) is 53.0 Å². The van der Waals surface area contributed by atoms with Gasteiger partial charge in [-0.25, -0.2) is 4.99 Å². The van der Waals surface area contributed by atoms with Crippen LogP contribution in [0, 0.1) is 0 Å². The molecular formula is C22H31IN4O3. The number of nitrogens with one attached hydrogen (secondary N) is 1. The van der Waals surface area contributed by atoms with Crippen LogP contribution < -0.4 is 10.1 Å². The molecule has 0 spiro atoms. The number of rotatable bonds is 7. The van der Waals surface area contributed by atoms with Crippen molar-refractivity contribution in [3.63, 3.8) is 0 Å². The Balaban J connectivity index is 0.00000320. The SMILES string of the molecule is CN(C)C(=O)CN=C(NCCc1ccco1)N1CCC(Oc2ccccc2)CC1.I. The molecule has 7 nitrogen and oxygen atoms in total. The zero-order valence-corrected chi connectivity index (χ0v) is 20.0. The molecule has 1 aromatic heterocycles. The molecule has 1 saturated heterocycles. The third kappa shape index (κ3) is 7.55. The Morgan fingerprint density at radius 1 is 1.20 bits per heavy atom. The fourth-order valence-electron chi connectivity index (χ4n) is 3.18. The number of furan rings is 1. The number of amides is 1. The van der Waals surface area contributed by atoms with Gasteiger partial charge in [-0.3, -0.25) is 4.79 Å². The zero-order valence-electron chi connectivity index (χ0n) is 17.6. The highest BCUT2D eigenvalue weighted by atomic mass is 127. The summed E-state index contributed by atoms with van der Waals surface area (Å²) < 4.78 is 11.5. The van der Waals surface area contributed by atoms with E-state index >= 15 is 0 Å². The Morgan fingerprint density at radius 2 is 1.93 bits per heavy atom. The van der Waals surface area contributed by atoms with Gasteiger partial charge in [0.2, 0.25) is 5.91 Å². The lowest BCUT2D eigenvalue weighted by molar-refractivity contribution is -0.127. The van der Waals surface area contributed by atoms with Crippen LogP contribution >= 0.6 is 24.0 Å². The number of carbonyl (C=O) groups is 1. The Morgan fingerprint density at radius 3 is 2.57 bits per heavy atom. The van der Waals surface area contributed by atoms with Gasteiger partial charge in [-0.2, -0.15) is 0 Å². The number of para-hydroxylation sites is 1. The van der Waals surface area contributed by atoms with E-state index in [0.29, 0.717) is 6.54 Å². The lowest BCUT2D eigenvalue weighted by atomic mass is 10.1. The highest BCUT2D eigenvalue weighted by Crippen LogP contribution is 2.18. The number of ether oxygens (including phenoxy) is 1. The first-order chi connectivity index (χ1) is 14.1. The number of likely N-dealkylation sites (tertiary alicyclic amines) is 1. The molecule has 0 unspecified atom stereocenters. The highest BCUT2D eigenvalue weighted by Gasteiger charge is 2.23. The first-order valence-corrected chi connectivity index (χ1v) is 10.1. The molecule has 1 aliphatic rings. The second-order valence-electron chi connectivity index (χ2n) is 7.30. The summed E-state index contributed by atoms with van der Waals surface area (Å²) in [5.74, 6) is 2.59. The molecule has 0 bridgehead atoms. The van der Waals surface area contributed by atoms with Crippen LogP contribution in [-0.4, -0.2) is 68.0 Å². The van der Waals surface area contributed by atoms with Crippen molar-refractivity contribution in [3.8, 4) is 5.75 Å². The molecule has 0 aliphatic carbocycles. The van der Waals surface area contributed by atoms with Crippen molar-refractivity contribution in [2.45, 2.75) is 25.4 Å². The molecule has 2 aromatic rings. The van der Waals surface area contributed by atoms with Crippen LogP contribution in [0.25, 0.3) is 0 Å². The largest absolute Gasteiger partial charge is 0.490 e. The molecule has 30 heavy (non-hydrogen) atoms. The number of hydrogen-bond acceptors (Lipinski definition) is 4. The normalized spacial score (nSPS) is 14.7. The van der Waals surface area contributed by atoms with E-state index in [1.807, 2.05) is 42.5 Å². The predicted molar refractivity (Wildman–Crippen MR) is 128 cm³/mol. The summed E-state index contributed by atoms with van der Waals surface area (Å²) in [6.07, 6.45) is 4.46. The molecule has 2 heterocycles. The van der Waals surface area contributed by atoms with Crippen molar-refractivity contribution < 1.29 is 13.9 Å². The summed E-state index contributed by atoms with van der Waals surface area (Å²) in [4.78, 5) is 20.3. The molecule has 1 aliphatic heterocycles. The van der Waals surface area contributed by atoms with Gasteiger partial charge in [0.1, 0.15) is 24.2 Å². The van der Waals surface area contributed by atoms with Crippen LogP contribution in [0.4, 0.5) is 0 Å². The van der Waals surface area contributed by atoms with Gasteiger partial charge in [-0.15, -0.1) is 24.0 Å². The van der Waals surface area contributed by atoms with Gasteiger partial charge in [0.05, 0.1) is 6.26 Å². The maximum Gasteiger partial charge on any atom is 0.243 e. The Labute approximate surface area is 195 Å². The molecule has 0 radical (unpaired) electrons. The first-order valence-electron chi connectivity index (χ1n) is 10.1. The lowest BCUT2D eigenvalue weighted by Gasteiger charge is -2.34. The van der Waals surface area contributed by atoms with E-state index in [0.717, 1.165) is 49.8 Å². The van der Waals surface area contributed by atoms with Crippen LogP contribution in [-0.2, 0) is 11.2 Å². The maximum atomic E-state index is 12.0. The lowest BCUT2D eigenvalue weighted by Crippen LogP contribution is -2.48. The number of likely N-dealkylation sites (N-methyl/N-ethyl adjacent to an activating group) is 1. The second kappa shape index (κ2) is 12.5. The van der Waals surface area contributed by atoms with Crippen LogP contribution in [0.15, 0.2) is 58.1 Å².